The number of nitrogens with one attached hydrogen (secondary N) is 2. The number of methoxy groups -OCH3 is 3. The average molecular weight is 516 g/mol. The number of nitrogens with zero attached hydrogens (tertiary/aromatic N) is 1. The lowest BCUT2D eigenvalue weighted by Gasteiger charge is -2.12. The van der Waals surface area contributed by atoms with E-state index >= 15 is 0 Å². The summed E-state index contributed by atoms with van der Waals surface area (Å²) in [5.74, 6) is -0.212. The highest BCUT2D eigenvalue weighted by atomic mass is 16.5. The maximum absolute atomic E-state index is 12.6. The monoisotopic (exact) mass is 515 g/mol. The van der Waals surface area contributed by atoms with Gasteiger partial charge in [-0.1, -0.05) is 6.07 Å². The van der Waals surface area contributed by atoms with Crippen molar-refractivity contribution in [2.24, 2.45) is 0 Å². The van der Waals surface area contributed by atoms with Gasteiger partial charge in [0.05, 0.1) is 26.9 Å². The standard InChI is InChI=1S/C28H25N3O7/c1-35-23-11-9-21(10-12-23)30-26(32)17-38-24-13-4-18(15-25(24)36-2)14-20(16-29)27(33)31-22-7-5-19(6-8-22)28(34)37-3/h4-15H,17H2,1-3H3,(H,30,32)(H,31,33)/b20-14-. The number of carbonyl (C=O) groups excluding carboxylic acids is 3. The fourth-order valence-electron chi connectivity index (χ4n) is 3.23. The van der Waals surface area contributed by atoms with Gasteiger partial charge in [0, 0.05) is 11.4 Å². The normalized spacial score (nSPS) is 10.5. The molecular weight excluding hydrogens is 490 g/mol. The van der Waals surface area contributed by atoms with Gasteiger partial charge in [-0.3, -0.25) is 9.59 Å². The van der Waals surface area contributed by atoms with E-state index in [2.05, 4.69) is 15.4 Å². The summed E-state index contributed by atoms with van der Waals surface area (Å²) >= 11 is 0. The van der Waals surface area contributed by atoms with Crippen LogP contribution in [0.1, 0.15) is 15.9 Å². The summed E-state index contributed by atoms with van der Waals surface area (Å²) in [5, 5.41) is 14.8. The highest BCUT2D eigenvalue weighted by Crippen LogP contribution is 2.29. The Morgan fingerprint density at radius 1 is 0.842 bits per heavy atom. The molecule has 2 N–H and O–H groups in total. The second kappa shape index (κ2) is 13.1. The number of esters is 1. The Morgan fingerprint density at radius 2 is 1.50 bits per heavy atom. The van der Waals surface area contributed by atoms with Gasteiger partial charge >= 0.3 is 5.97 Å². The van der Waals surface area contributed by atoms with Crippen molar-refractivity contribution in [3.05, 3.63) is 83.4 Å². The van der Waals surface area contributed by atoms with Crippen LogP contribution in [-0.4, -0.2) is 45.7 Å². The smallest absolute Gasteiger partial charge is 0.337 e. The minimum atomic E-state index is -0.632. The second-order valence-corrected chi connectivity index (χ2v) is 7.67. The summed E-state index contributed by atoms with van der Waals surface area (Å²) in [6, 6.07) is 19.6. The lowest BCUT2D eigenvalue weighted by molar-refractivity contribution is -0.118. The maximum Gasteiger partial charge on any atom is 0.337 e. The molecule has 0 saturated carbocycles. The third-order valence-corrected chi connectivity index (χ3v) is 5.16. The Hall–Kier alpha value is -5.30. The molecule has 0 aliphatic heterocycles. The first kappa shape index (κ1) is 27.3. The fraction of sp³-hybridized carbons (Fsp3) is 0.143. The number of hydrogen-bond acceptors (Lipinski definition) is 8. The molecule has 0 aromatic heterocycles. The highest BCUT2D eigenvalue weighted by molar-refractivity contribution is 6.09. The molecule has 0 atom stereocenters. The number of ether oxygens (including phenoxy) is 4. The molecular formula is C28H25N3O7. The number of amides is 2. The first-order chi connectivity index (χ1) is 18.4. The van der Waals surface area contributed by atoms with Crippen LogP contribution in [-0.2, 0) is 14.3 Å². The van der Waals surface area contributed by atoms with E-state index in [0.717, 1.165) is 0 Å². The van der Waals surface area contributed by atoms with Gasteiger partial charge in [0.15, 0.2) is 18.1 Å². The zero-order valence-electron chi connectivity index (χ0n) is 20.9. The Labute approximate surface area is 219 Å². The zero-order valence-corrected chi connectivity index (χ0v) is 20.9. The van der Waals surface area contributed by atoms with Crippen molar-refractivity contribution in [2.45, 2.75) is 0 Å². The van der Waals surface area contributed by atoms with E-state index in [1.54, 1.807) is 49.6 Å². The second-order valence-electron chi connectivity index (χ2n) is 7.67. The van der Waals surface area contributed by atoms with Crippen LogP contribution in [0, 0.1) is 11.3 Å². The summed E-state index contributed by atoms with van der Waals surface area (Å²) in [6.07, 6.45) is 1.39. The summed E-state index contributed by atoms with van der Waals surface area (Å²) < 4.78 is 20.7. The molecule has 194 valence electrons. The largest absolute Gasteiger partial charge is 0.497 e. The molecule has 0 aliphatic carbocycles. The minimum Gasteiger partial charge on any atom is -0.497 e. The zero-order chi connectivity index (χ0) is 27.5. The SMILES string of the molecule is COC(=O)c1ccc(NC(=O)/C(C#N)=C\c2ccc(OCC(=O)Nc3ccc(OC)cc3)c(OC)c2)cc1. The summed E-state index contributed by atoms with van der Waals surface area (Å²) in [4.78, 5) is 36.4. The molecule has 0 saturated heterocycles. The van der Waals surface area contributed by atoms with Crippen LogP contribution in [0.5, 0.6) is 17.2 Å². The van der Waals surface area contributed by atoms with Crippen LogP contribution in [0.25, 0.3) is 6.08 Å². The molecule has 3 aromatic rings. The molecule has 0 fully saturated rings. The number of benzene rings is 3. The summed E-state index contributed by atoms with van der Waals surface area (Å²) in [5.41, 5.74) is 1.67. The molecule has 0 heterocycles. The number of nitriles is 1. The first-order valence-electron chi connectivity index (χ1n) is 11.2. The highest BCUT2D eigenvalue weighted by Gasteiger charge is 2.13. The van der Waals surface area contributed by atoms with Gasteiger partial charge in [-0.05, 0) is 72.3 Å². The molecule has 0 aliphatic rings. The van der Waals surface area contributed by atoms with Crippen molar-refractivity contribution in [3.8, 4) is 23.3 Å². The molecule has 0 bridgehead atoms. The quantitative estimate of drug-likeness (QED) is 0.234. The molecule has 0 spiro atoms. The number of rotatable bonds is 10. The van der Waals surface area contributed by atoms with Crippen LogP contribution in [0.3, 0.4) is 0 Å². The topological polar surface area (TPSA) is 136 Å². The summed E-state index contributed by atoms with van der Waals surface area (Å²) in [6.45, 7) is -0.266. The van der Waals surface area contributed by atoms with E-state index < -0.39 is 11.9 Å². The molecule has 0 unspecified atom stereocenters. The number of anilines is 2. The van der Waals surface area contributed by atoms with Crippen molar-refractivity contribution in [2.75, 3.05) is 38.6 Å². The lowest BCUT2D eigenvalue weighted by atomic mass is 10.1. The molecule has 2 amide bonds. The third kappa shape index (κ3) is 7.35. The van der Waals surface area contributed by atoms with Crippen molar-refractivity contribution in [3.63, 3.8) is 0 Å². The fourth-order valence-corrected chi connectivity index (χ4v) is 3.23. The van der Waals surface area contributed by atoms with Crippen molar-refractivity contribution in [1.29, 1.82) is 5.26 Å². The van der Waals surface area contributed by atoms with E-state index in [0.29, 0.717) is 39.8 Å². The summed E-state index contributed by atoms with van der Waals surface area (Å²) in [7, 11) is 4.26. The van der Waals surface area contributed by atoms with E-state index in [-0.39, 0.29) is 18.1 Å². The van der Waals surface area contributed by atoms with E-state index in [1.165, 1.54) is 44.6 Å². The number of hydrogen-bond donors (Lipinski definition) is 2. The van der Waals surface area contributed by atoms with Crippen LogP contribution >= 0.6 is 0 Å². The minimum absolute atomic E-state index is 0.156. The van der Waals surface area contributed by atoms with Gasteiger partial charge in [-0.25, -0.2) is 4.79 Å². The first-order valence-corrected chi connectivity index (χ1v) is 11.2. The van der Waals surface area contributed by atoms with Crippen LogP contribution in [0.4, 0.5) is 11.4 Å². The van der Waals surface area contributed by atoms with Gasteiger partial charge in [0.2, 0.25) is 0 Å². The van der Waals surface area contributed by atoms with Crippen molar-refractivity contribution < 1.29 is 33.3 Å². The van der Waals surface area contributed by atoms with E-state index in [4.69, 9.17) is 14.2 Å². The molecule has 10 nitrogen and oxygen atoms in total. The molecule has 0 radical (unpaired) electrons. The van der Waals surface area contributed by atoms with E-state index in [1.807, 2.05) is 6.07 Å². The predicted molar refractivity (Wildman–Crippen MR) is 140 cm³/mol. The molecule has 10 heteroatoms. The Kier molecular flexibility index (Phi) is 9.43. The number of carbonyl (C=O) groups is 3. The van der Waals surface area contributed by atoms with Crippen LogP contribution in [0.15, 0.2) is 72.3 Å². The van der Waals surface area contributed by atoms with Gasteiger partial charge in [0.25, 0.3) is 11.8 Å². The van der Waals surface area contributed by atoms with Crippen LogP contribution < -0.4 is 24.8 Å². The Bertz CT molecular complexity index is 1380. The molecule has 38 heavy (non-hydrogen) atoms. The Balaban J connectivity index is 1.64. The predicted octanol–water partition coefficient (Wildman–Crippen LogP) is 4.05. The molecule has 3 aromatic carbocycles. The van der Waals surface area contributed by atoms with Gasteiger partial charge in [-0.2, -0.15) is 5.26 Å². The van der Waals surface area contributed by atoms with Crippen molar-refractivity contribution >= 4 is 35.2 Å². The average Bonchev–Trinajstić information content (AvgIpc) is 2.95. The van der Waals surface area contributed by atoms with Gasteiger partial charge < -0.3 is 29.6 Å². The Morgan fingerprint density at radius 3 is 2.11 bits per heavy atom. The lowest BCUT2D eigenvalue weighted by Crippen LogP contribution is -2.20. The van der Waals surface area contributed by atoms with E-state index in [9.17, 15) is 19.6 Å². The van der Waals surface area contributed by atoms with Gasteiger partial charge in [0.1, 0.15) is 17.4 Å². The molecule has 3 rings (SSSR count). The van der Waals surface area contributed by atoms with Crippen LogP contribution in [0.2, 0.25) is 0 Å². The van der Waals surface area contributed by atoms with Crippen molar-refractivity contribution in [1.82, 2.24) is 0 Å². The third-order valence-electron chi connectivity index (χ3n) is 5.16. The maximum atomic E-state index is 12.6. The van der Waals surface area contributed by atoms with Gasteiger partial charge in [-0.15, -0.1) is 0 Å².